The Labute approximate surface area is 426 Å². The maximum atomic E-state index is 12.8. The fraction of sp³-hybridized carbons (Fsp3) is 0.531. The molecule has 0 saturated carbocycles. The summed E-state index contributed by atoms with van der Waals surface area (Å²) in [5, 5.41) is 36.3. The molecule has 0 aliphatic carbocycles. The largest absolute Gasteiger partial charge is 0.480 e. The molecule has 25 nitrogen and oxygen atoms in total. The van der Waals surface area contributed by atoms with Gasteiger partial charge in [0.25, 0.3) is 5.91 Å². The molecular weight excluding hydrogens is 965 g/mol. The summed E-state index contributed by atoms with van der Waals surface area (Å²) >= 11 is 0. The highest BCUT2D eigenvalue weighted by Crippen LogP contribution is 2.40. The number of fused-ring (bicyclic) bond motifs is 2. The summed E-state index contributed by atoms with van der Waals surface area (Å²) in [4.78, 5) is 85.7. The van der Waals surface area contributed by atoms with Crippen molar-refractivity contribution in [1.29, 1.82) is 0 Å². The summed E-state index contributed by atoms with van der Waals surface area (Å²) in [5.41, 5.74) is 13.2. The molecule has 2 aliphatic heterocycles. The van der Waals surface area contributed by atoms with Crippen LogP contribution in [0.1, 0.15) is 102 Å². The number of methoxy groups -OCH3 is 1. The van der Waals surface area contributed by atoms with Gasteiger partial charge in [0.1, 0.15) is 48.6 Å². The number of carbonyl (C=O) groups is 5. The summed E-state index contributed by atoms with van der Waals surface area (Å²) in [6, 6.07) is 7.25. The molecule has 2 saturated heterocycles. The van der Waals surface area contributed by atoms with Gasteiger partial charge in [-0.05, 0) is 76.0 Å². The first-order chi connectivity index (χ1) is 35.5. The SMILES string of the molecule is C=CCC[C@@H](CC[C@H](C)C(=O)OC)C[C@H]1O[C@@H](n2cnc3c(NC(=O)c4ccccc4)ncnc32)[C@@H](OC(C)=O)C1OC(C)=O.CCCN[C@@H](CC[C@H](N)C(=O)O)[C@H]1O[C@@H](n2cnc3c(N)ncnc32)[C@@H](O)C1O. The van der Waals surface area contributed by atoms with E-state index in [4.69, 9.17) is 40.3 Å². The van der Waals surface area contributed by atoms with E-state index in [0.29, 0.717) is 60.1 Å². The number of rotatable bonds is 23. The number of esters is 3. The summed E-state index contributed by atoms with van der Waals surface area (Å²) in [7, 11) is 1.37. The summed E-state index contributed by atoms with van der Waals surface area (Å²) in [5.74, 6) is -2.73. The molecule has 2 unspecified atom stereocenters. The quantitative estimate of drug-likeness (QED) is 0.0281. The number of allylic oxidation sites excluding steroid dienone is 1. The lowest BCUT2D eigenvalue weighted by atomic mass is 9.87. The highest BCUT2D eigenvalue weighted by Gasteiger charge is 2.51. The number of hydrogen-bond acceptors (Lipinski definition) is 21. The summed E-state index contributed by atoms with van der Waals surface area (Å²) in [6.07, 6.45) is 4.14. The minimum Gasteiger partial charge on any atom is -0.480 e. The van der Waals surface area contributed by atoms with Gasteiger partial charge in [0.2, 0.25) is 0 Å². The van der Waals surface area contributed by atoms with Crippen LogP contribution in [0.3, 0.4) is 0 Å². The Balaban J connectivity index is 0.000000265. The molecule has 0 radical (unpaired) electrons. The monoisotopic (exact) mass is 1030 g/mol. The van der Waals surface area contributed by atoms with E-state index < -0.39 is 79.1 Å². The number of aliphatic hydroxyl groups is 2. The Bertz CT molecular complexity index is 2710. The van der Waals surface area contributed by atoms with Gasteiger partial charge in [0.05, 0.1) is 25.7 Å². The van der Waals surface area contributed by atoms with Crippen molar-refractivity contribution in [2.24, 2.45) is 17.6 Å². The Morgan fingerprint density at radius 2 is 1.49 bits per heavy atom. The first kappa shape index (κ1) is 56.3. The normalized spacial score (nSPS) is 23.0. The van der Waals surface area contributed by atoms with Crippen molar-refractivity contribution in [3.63, 3.8) is 0 Å². The molecule has 5 aromatic rings. The van der Waals surface area contributed by atoms with Gasteiger partial charge < -0.3 is 61.1 Å². The Hall–Kier alpha value is -7.03. The highest BCUT2D eigenvalue weighted by molar-refractivity contribution is 6.06. The zero-order valence-electron chi connectivity index (χ0n) is 41.9. The number of anilines is 2. The van der Waals surface area contributed by atoms with E-state index in [9.17, 15) is 34.2 Å². The molecule has 0 spiro atoms. The van der Waals surface area contributed by atoms with E-state index in [1.807, 2.05) is 26.0 Å². The topological polar surface area (TPSA) is 355 Å². The van der Waals surface area contributed by atoms with Crippen LogP contribution >= 0.6 is 0 Å². The Morgan fingerprint density at radius 3 is 2.14 bits per heavy atom. The molecule has 12 atom stereocenters. The van der Waals surface area contributed by atoms with Crippen LogP contribution in [-0.4, -0.2) is 147 Å². The molecule has 2 aliphatic rings. The van der Waals surface area contributed by atoms with Crippen LogP contribution in [0.2, 0.25) is 0 Å². The molecule has 25 heteroatoms. The molecule has 9 N–H and O–H groups in total. The van der Waals surface area contributed by atoms with Gasteiger partial charge in [-0.15, -0.1) is 6.58 Å². The van der Waals surface area contributed by atoms with Crippen molar-refractivity contribution in [1.82, 2.24) is 44.4 Å². The van der Waals surface area contributed by atoms with Crippen LogP contribution in [0, 0.1) is 11.8 Å². The molecular formula is C49H66N12O13. The maximum Gasteiger partial charge on any atom is 0.320 e. The first-order valence-electron chi connectivity index (χ1n) is 24.4. The summed E-state index contributed by atoms with van der Waals surface area (Å²) in [6.45, 7) is 10.8. The number of benzene rings is 1. The standard InChI is InChI=1S/C32H39N5O8.C17H27N7O5/c1-6-7-11-22(15-14-19(2)32(41)42-5)16-24-26(43-20(3)38)27(44-21(4)39)31(45-24)37-18-35-25-28(33-17-34-29(25)37)36-30(40)23-12-9-8-10-13-23;1-2-5-20-9(4-3-8(18)17(27)28)13-11(25)12(26)16(29-13)24-7-23-10-14(19)21-6-22-15(10)24/h6,8-10,12-13,17-19,22,24,26-27,31H,1,7,11,14-16H2,2-5H3,(H,33,34,36,40);6-9,11-13,16,20,25-26H,2-5,18H2,1H3,(H,27,28)(H2,19,21,22)/t19-,22-,24+,26?,27-,31+;8-,9-,11?,12-,13+,16+/m00/s1. The van der Waals surface area contributed by atoms with Crippen LogP contribution in [0.25, 0.3) is 22.3 Å². The number of nitrogens with two attached hydrogens (primary N) is 2. The first-order valence-corrected chi connectivity index (χ1v) is 24.4. The number of amides is 1. The van der Waals surface area contributed by atoms with Gasteiger partial charge in [-0.1, -0.05) is 38.1 Å². The van der Waals surface area contributed by atoms with Gasteiger partial charge in [-0.3, -0.25) is 33.1 Å². The van der Waals surface area contributed by atoms with Crippen molar-refractivity contribution >= 4 is 63.7 Å². The predicted octanol–water partition coefficient (Wildman–Crippen LogP) is 2.99. The smallest absolute Gasteiger partial charge is 0.320 e. The van der Waals surface area contributed by atoms with E-state index in [0.717, 1.165) is 19.3 Å². The average Bonchev–Trinajstić information content (AvgIpc) is 4.16. The van der Waals surface area contributed by atoms with E-state index in [2.05, 4.69) is 47.1 Å². The van der Waals surface area contributed by atoms with Crippen molar-refractivity contribution < 1.29 is 63.0 Å². The molecule has 2 fully saturated rings. The van der Waals surface area contributed by atoms with Crippen LogP contribution in [0.5, 0.6) is 0 Å². The Morgan fingerprint density at radius 1 is 0.838 bits per heavy atom. The number of nitrogen functional groups attached to an aromatic ring is 1. The predicted molar refractivity (Wildman–Crippen MR) is 265 cm³/mol. The third-order valence-electron chi connectivity index (χ3n) is 12.8. The molecule has 6 heterocycles. The maximum absolute atomic E-state index is 12.8. The highest BCUT2D eigenvalue weighted by atomic mass is 16.6. The molecule has 4 aromatic heterocycles. The van der Waals surface area contributed by atoms with Crippen molar-refractivity contribution in [2.75, 3.05) is 24.7 Å². The third kappa shape index (κ3) is 13.8. The van der Waals surface area contributed by atoms with Crippen molar-refractivity contribution in [3.8, 4) is 0 Å². The lowest BCUT2D eigenvalue weighted by Gasteiger charge is -2.27. The van der Waals surface area contributed by atoms with Crippen molar-refractivity contribution in [3.05, 3.63) is 73.9 Å². The van der Waals surface area contributed by atoms with Gasteiger partial charge >= 0.3 is 23.9 Å². The van der Waals surface area contributed by atoms with E-state index in [1.54, 1.807) is 28.8 Å². The van der Waals surface area contributed by atoms with E-state index in [1.165, 1.54) is 50.8 Å². The van der Waals surface area contributed by atoms with E-state index in [-0.39, 0.29) is 41.8 Å². The number of nitrogens with zero attached hydrogens (tertiary/aromatic N) is 8. The summed E-state index contributed by atoms with van der Waals surface area (Å²) < 4.78 is 31.9. The number of carboxylic acids is 1. The molecule has 1 amide bonds. The van der Waals surface area contributed by atoms with Crippen LogP contribution < -0.4 is 22.1 Å². The molecule has 400 valence electrons. The number of aliphatic carboxylic acids is 1. The van der Waals surface area contributed by atoms with Gasteiger partial charge in [-0.25, -0.2) is 29.9 Å². The molecule has 0 bridgehead atoms. The number of aromatic nitrogens is 8. The van der Waals surface area contributed by atoms with E-state index >= 15 is 0 Å². The molecule has 74 heavy (non-hydrogen) atoms. The zero-order valence-corrected chi connectivity index (χ0v) is 41.9. The second-order valence-electron chi connectivity index (χ2n) is 18.2. The zero-order chi connectivity index (χ0) is 53.6. The molecule has 1 aromatic carbocycles. The lowest BCUT2D eigenvalue weighted by Crippen LogP contribution is -2.47. The number of aliphatic hydroxyl groups excluding tert-OH is 2. The Kier molecular flexibility index (Phi) is 20.0. The lowest BCUT2D eigenvalue weighted by molar-refractivity contribution is -0.165. The number of carbonyl (C=O) groups excluding carboxylic acids is 4. The third-order valence-corrected chi connectivity index (χ3v) is 12.8. The van der Waals surface area contributed by atoms with Crippen LogP contribution in [-0.2, 0) is 42.9 Å². The number of imidazole rings is 2. The van der Waals surface area contributed by atoms with Crippen molar-refractivity contribution in [2.45, 2.75) is 140 Å². The number of nitrogens with one attached hydrogen (secondary N) is 2. The second-order valence-corrected chi connectivity index (χ2v) is 18.2. The number of carboxylic acid groups (broad SMARTS) is 1. The number of hydrogen-bond donors (Lipinski definition) is 7. The fourth-order valence-electron chi connectivity index (χ4n) is 9.04. The average molecular weight is 1030 g/mol. The van der Waals surface area contributed by atoms with Crippen LogP contribution in [0.4, 0.5) is 11.6 Å². The molecule has 7 rings (SSSR count). The van der Waals surface area contributed by atoms with Gasteiger partial charge in [0, 0.05) is 25.5 Å². The van der Waals surface area contributed by atoms with Gasteiger partial charge in [0.15, 0.2) is 53.1 Å². The minimum absolute atomic E-state index is 0.0663. The second kappa shape index (κ2) is 26.3. The van der Waals surface area contributed by atoms with Crippen LogP contribution in [0.15, 0.2) is 68.3 Å². The number of ether oxygens (including phenoxy) is 5. The minimum atomic E-state index is -1.24. The van der Waals surface area contributed by atoms with Gasteiger partial charge in [-0.2, -0.15) is 0 Å². The fourth-order valence-corrected chi connectivity index (χ4v) is 9.04.